The van der Waals surface area contributed by atoms with Gasteiger partial charge in [0.2, 0.25) is 5.91 Å². The van der Waals surface area contributed by atoms with Gasteiger partial charge in [0.05, 0.1) is 7.11 Å². The minimum atomic E-state index is -1.14. The summed E-state index contributed by atoms with van der Waals surface area (Å²) in [5.41, 5.74) is 1.45. The molecule has 0 bridgehead atoms. The highest BCUT2D eigenvalue weighted by Crippen LogP contribution is 2.15. The van der Waals surface area contributed by atoms with Crippen molar-refractivity contribution in [1.82, 2.24) is 5.32 Å². The highest BCUT2D eigenvalue weighted by atomic mass is 16.5. The van der Waals surface area contributed by atoms with Crippen LogP contribution < -0.4 is 15.4 Å². The first-order chi connectivity index (χ1) is 12.4. The molecule has 0 aliphatic rings. The summed E-state index contributed by atoms with van der Waals surface area (Å²) in [7, 11) is 1.53. The molecule has 0 aliphatic carbocycles. The molecule has 0 spiro atoms. The van der Waals surface area contributed by atoms with E-state index in [0.717, 1.165) is 5.56 Å². The number of methoxy groups -OCH3 is 1. The van der Waals surface area contributed by atoms with Crippen molar-refractivity contribution in [3.63, 3.8) is 0 Å². The van der Waals surface area contributed by atoms with Gasteiger partial charge < -0.3 is 20.5 Å². The van der Waals surface area contributed by atoms with Crippen LogP contribution in [0.25, 0.3) is 0 Å². The zero-order valence-electron chi connectivity index (χ0n) is 14.5. The van der Waals surface area contributed by atoms with Gasteiger partial charge in [0, 0.05) is 24.6 Å². The van der Waals surface area contributed by atoms with Gasteiger partial charge in [-0.3, -0.25) is 9.59 Å². The van der Waals surface area contributed by atoms with Gasteiger partial charge in [0.15, 0.2) is 0 Å². The van der Waals surface area contributed by atoms with Crippen LogP contribution in [0.5, 0.6) is 5.75 Å². The maximum Gasteiger partial charge on any atom is 0.326 e. The fourth-order valence-corrected chi connectivity index (χ4v) is 2.42. The van der Waals surface area contributed by atoms with E-state index >= 15 is 0 Å². The molecule has 0 saturated carbocycles. The third kappa shape index (κ3) is 5.34. The number of benzene rings is 2. The molecule has 0 aliphatic heterocycles. The largest absolute Gasteiger partial charge is 0.497 e. The lowest BCUT2D eigenvalue weighted by molar-refractivity contribution is -0.139. The summed E-state index contributed by atoms with van der Waals surface area (Å²) in [6, 6.07) is 12.2. The second kappa shape index (κ2) is 8.66. The van der Waals surface area contributed by atoms with Gasteiger partial charge in [-0.2, -0.15) is 0 Å². The van der Waals surface area contributed by atoms with E-state index in [1.807, 2.05) is 0 Å². The summed E-state index contributed by atoms with van der Waals surface area (Å²) >= 11 is 0. The van der Waals surface area contributed by atoms with Gasteiger partial charge in [-0.25, -0.2) is 4.79 Å². The average Bonchev–Trinajstić information content (AvgIpc) is 2.60. The molecule has 0 heterocycles. The van der Waals surface area contributed by atoms with Crippen LogP contribution in [0.4, 0.5) is 5.69 Å². The molecular formula is C19H20N2O5. The SMILES string of the molecule is COc1cccc(C[C@H](NC(=O)c2cccc(NC(C)=O)c2)C(=O)O)c1. The number of carbonyl (C=O) groups excluding carboxylic acids is 2. The third-order valence-corrected chi connectivity index (χ3v) is 3.62. The van der Waals surface area contributed by atoms with E-state index in [1.54, 1.807) is 42.5 Å². The Morgan fingerprint density at radius 3 is 2.50 bits per heavy atom. The van der Waals surface area contributed by atoms with Crippen LogP contribution in [0.2, 0.25) is 0 Å². The van der Waals surface area contributed by atoms with Crippen molar-refractivity contribution < 1.29 is 24.2 Å². The number of carboxylic acid groups (broad SMARTS) is 1. The lowest BCUT2D eigenvalue weighted by Gasteiger charge is -2.15. The van der Waals surface area contributed by atoms with E-state index in [-0.39, 0.29) is 17.9 Å². The maximum absolute atomic E-state index is 12.4. The Balaban J connectivity index is 2.12. The van der Waals surface area contributed by atoms with Crippen molar-refractivity contribution in [2.75, 3.05) is 12.4 Å². The van der Waals surface area contributed by atoms with Crippen LogP contribution in [0.15, 0.2) is 48.5 Å². The molecule has 0 unspecified atom stereocenters. The van der Waals surface area contributed by atoms with Gasteiger partial charge in [-0.15, -0.1) is 0 Å². The van der Waals surface area contributed by atoms with Crippen LogP contribution >= 0.6 is 0 Å². The molecule has 7 heteroatoms. The Morgan fingerprint density at radius 1 is 1.12 bits per heavy atom. The summed E-state index contributed by atoms with van der Waals surface area (Å²) in [6.07, 6.45) is 0.115. The highest BCUT2D eigenvalue weighted by Gasteiger charge is 2.21. The van der Waals surface area contributed by atoms with Crippen LogP contribution in [-0.2, 0) is 16.0 Å². The van der Waals surface area contributed by atoms with E-state index in [9.17, 15) is 19.5 Å². The molecule has 26 heavy (non-hydrogen) atoms. The summed E-state index contributed by atoms with van der Waals surface area (Å²) in [4.78, 5) is 35.1. The molecule has 3 N–H and O–H groups in total. The summed E-state index contributed by atoms with van der Waals surface area (Å²) in [5, 5.41) is 14.5. The van der Waals surface area contributed by atoms with Crippen molar-refractivity contribution in [3.8, 4) is 5.75 Å². The van der Waals surface area contributed by atoms with E-state index < -0.39 is 17.9 Å². The molecule has 0 saturated heterocycles. The molecule has 2 aromatic carbocycles. The molecule has 0 radical (unpaired) electrons. The quantitative estimate of drug-likeness (QED) is 0.704. The Hall–Kier alpha value is -3.35. The predicted octanol–water partition coefficient (Wildman–Crippen LogP) is 2.08. The van der Waals surface area contributed by atoms with Crippen LogP contribution in [-0.4, -0.2) is 36.0 Å². The zero-order chi connectivity index (χ0) is 19.1. The number of aliphatic carboxylic acids is 1. The van der Waals surface area contributed by atoms with Crippen molar-refractivity contribution in [2.24, 2.45) is 0 Å². The normalized spacial score (nSPS) is 11.3. The fourth-order valence-electron chi connectivity index (χ4n) is 2.42. The lowest BCUT2D eigenvalue weighted by atomic mass is 10.0. The first-order valence-corrected chi connectivity index (χ1v) is 7.93. The predicted molar refractivity (Wildman–Crippen MR) is 96.3 cm³/mol. The van der Waals surface area contributed by atoms with Gasteiger partial charge in [-0.05, 0) is 35.9 Å². The minimum absolute atomic E-state index is 0.115. The standard InChI is InChI=1S/C19H20N2O5/c1-12(22)20-15-7-4-6-14(11-15)18(23)21-17(19(24)25)10-13-5-3-8-16(9-13)26-2/h3-9,11,17H,10H2,1-2H3,(H,20,22)(H,21,23)(H,24,25)/t17-/m0/s1. The smallest absolute Gasteiger partial charge is 0.326 e. The number of rotatable bonds is 7. The number of carboxylic acids is 1. The second-order valence-electron chi connectivity index (χ2n) is 5.68. The third-order valence-electron chi connectivity index (χ3n) is 3.62. The number of anilines is 1. The molecule has 2 aromatic rings. The first-order valence-electron chi connectivity index (χ1n) is 7.93. The Kier molecular flexibility index (Phi) is 6.32. The molecule has 1 atom stereocenters. The van der Waals surface area contributed by atoms with Gasteiger partial charge >= 0.3 is 5.97 Å². The van der Waals surface area contributed by atoms with Gasteiger partial charge in [-0.1, -0.05) is 18.2 Å². The molecular weight excluding hydrogens is 336 g/mol. The Bertz CT molecular complexity index is 819. The number of hydrogen-bond acceptors (Lipinski definition) is 4. The Labute approximate surface area is 151 Å². The number of carbonyl (C=O) groups is 3. The van der Waals surface area contributed by atoms with Crippen molar-refractivity contribution >= 4 is 23.5 Å². The van der Waals surface area contributed by atoms with E-state index in [1.165, 1.54) is 20.1 Å². The number of hydrogen-bond donors (Lipinski definition) is 3. The second-order valence-corrected chi connectivity index (χ2v) is 5.68. The topological polar surface area (TPSA) is 105 Å². The molecule has 136 valence electrons. The maximum atomic E-state index is 12.4. The van der Waals surface area contributed by atoms with Gasteiger partial charge in [0.1, 0.15) is 11.8 Å². The number of nitrogens with one attached hydrogen (secondary N) is 2. The monoisotopic (exact) mass is 356 g/mol. The van der Waals surface area contributed by atoms with Crippen LogP contribution in [0, 0.1) is 0 Å². The fraction of sp³-hybridized carbons (Fsp3) is 0.211. The van der Waals surface area contributed by atoms with E-state index in [0.29, 0.717) is 11.4 Å². The van der Waals surface area contributed by atoms with Crippen LogP contribution in [0.1, 0.15) is 22.8 Å². The molecule has 0 fully saturated rings. The van der Waals surface area contributed by atoms with Crippen LogP contribution in [0.3, 0.4) is 0 Å². The highest BCUT2D eigenvalue weighted by molar-refractivity contribution is 5.98. The summed E-state index contributed by atoms with van der Waals surface area (Å²) < 4.78 is 5.12. The van der Waals surface area contributed by atoms with Crippen molar-refractivity contribution in [1.29, 1.82) is 0 Å². The summed E-state index contributed by atoms with van der Waals surface area (Å²) in [6.45, 7) is 1.36. The molecule has 2 amide bonds. The minimum Gasteiger partial charge on any atom is -0.497 e. The molecule has 0 aromatic heterocycles. The lowest BCUT2D eigenvalue weighted by Crippen LogP contribution is -2.42. The van der Waals surface area contributed by atoms with E-state index in [2.05, 4.69) is 10.6 Å². The first kappa shape index (κ1) is 19.0. The van der Waals surface area contributed by atoms with Crippen molar-refractivity contribution in [3.05, 3.63) is 59.7 Å². The Morgan fingerprint density at radius 2 is 1.85 bits per heavy atom. The van der Waals surface area contributed by atoms with Crippen molar-refractivity contribution in [2.45, 2.75) is 19.4 Å². The number of ether oxygens (including phenoxy) is 1. The van der Waals surface area contributed by atoms with Gasteiger partial charge in [0.25, 0.3) is 5.91 Å². The molecule has 2 rings (SSSR count). The molecule has 7 nitrogen and oxygen atoms in total. The van der Waals surface area contributed by atoms with E-state index in [4.69, 9.17) is 4.74 Å². The average molecular weight is 356 g/mol. The zero-order valence-corrected chi connectivity index (χ0v) is 14.5. The summed E-state index contributed by atoms with van der Waals surface area (Å²) in [5.74, 6) is -1.32. The number of amides is 2.